The zero-order valence-corrected chi connectivity index (χ0v) is 20.1. The summed E-state index contributed by atoms with van der Waals surface area (Å²) in [6.07, 6.45) is 3.40. The number of fused-ring (bicyclic) bond motifs is 2. The van der Waals surface area contributed by atoms with E-state index in [2.05, 4.69) is 42.6 Å². The average molecular weight is 462 g/mol. The fourth-order valence-corrected chi connectivity index (χ4v) is 4.37. The summed E-state index contributed by atoms with van der Waals surface area (Å²) in [4.78, 5) is 13.0. The van der Waals surface area contributed by atoms with Crippen molar-refractivity contribution in [2.75, 3.05) is 11.9 Å². The maximum Gasteiger partial charge on any atom is 0.248 e. The van der Waals surface area contributed by atoms with Crippen LogP contribution in [0.3, 0.4) is 0 Å². The van der Waals surface area contributed by atoms with Crippen LogP contribution in [0.15, 0.2) is 95.6 Å². The van der Waals surface area contributed by atoms with Crippen molar-refractivity contribution in [2.45, 2.75) is 20.8 Å². The molecule has 174 valence electrons. The summed E-state index contributed by atoms with van der Waals surface area (Å²) in [6.45, 7) is 6.46. The van der Waals surface area contributed by atoms with Gasteiger partial charge in [0.1, 0.15) is 11.3 Å². The topological polar surface area (TPSA) is 51.5 Å². The van der Waals surface area contributed by atoms with E-state index < -0.39 is 0 Å². The van der Waals surface area contributed by atoms with Gasteiger partial charge in [-0.3, -0.25) is 4.79 Å². The Kier molecular flexibility index (Phi) is 6.11. The molecule has 4 aromatic carbocycles. The lowest BCUT2D eigenvalue weighted by Gasteiger charge is -2.12. The molecule has 0 spiro atoms. The van der Waals surface area contributed by atoms with Gasteiger partial charge in [-0.05, 0) is 49.4 Å². The van der Waals surface area contributed by atoms with Gasteiger partial charge >= 0.3 is 0 Å². The van der Waals surface area contributed by atoms with Crippen LogP contribution in [0.2, 0.25) is 0 Å². The number of allylic oxidation sites excluding steroid dienone is 1. The Hall–Kier alpha value is -4.31. The van der Waals surface area contributed by atoms with Crippen LogP contribution < -0.4 is 10.1 Å². The predicted molar refractivity (Wildman–Crippen MR) is 144 cm³/mol. The molecule has 0 radical (unpaired) electrons. The van der Waals surface area contributed by atoms with E-state index in [0.29, 0.717) is 12.4 Å². The number of aryl methyl sites for hydroxylation is 1. The molecule has 0 bridgehead atoms. The first-order valence-corrected chi connectivity index (χ1v) is 11.8. The lowest BCUT2D eigenvalue weighted by Crippen LogP contribution is -2.09. The second-order valence-corrected chi connectivity index (χ2v) is 8.64. The van der Waals surface area contributed by atoms with Crippen molar-refractivity contribution in [2.24, 2.45) is 0 Å². The third kappa shape index (κ3) is 4.56. The van der Waals surface area contributed by atoms with E-state index in [4.69, 9.17) is 9.15 Å². The van der Waals surface area contributed by atoms with E-state index in [-0.39, 0.29) is 5.91 Å². The Labute approximate surface area is 204 Å². The number of ether oxygens (including phenoxy) is 1. The van der Waals surface area contributed by atoms with E-state index in [0.717, 1.165) is 49.7 Å². The molecule has 35 heavy (non-hydrogen) atoms. The molecule has 1 N–H and O–H groups in total. The van der Waals surface area contributed by atoms with Crippen molar-refractivity contribution in [3.8, 4) is 16.9 Å². The van der Waals surface area contributed by atoms with Gasteiger partial charge in [0.25, 0.3) is 0 Å². The second-order valence-electron chi connectivity index (χ2n) is 8.64. The van der Waals surface area contributed by atoms with Gasteiger partial charge in [-0.2, -0.15) is 0 Å². The van der Waals surface area contributed by atoms with E-state index in [9.17, 15) is 4.79 Å². The van der Waals surface area contributed by atoms with Crippen LogP contribution in [0.4, 0.5) is 5.69 Å². The molecule has 0 atom stereocenters. The molecule has 1 aromatic heterocycles. The first-order valence-electron chi connectivity index (χ1n) is 11.8. The summed E-state index contributed by atoms with van der Waals surface area (Å²) in [5, 5.41) is 6.11. The highest BCUT2D eigenvalue weighted by Crippen LogP contribution is 2.37. The lowest BCUT2D eigenvalue weighted by atomic mass is 9.98. The predicted octanol–water partition coefficient (Wildman–Crippen LogP) is 8.00. The fraction of sp³-hybridized carbons (Fsp3) is 0.129. The maximum absolute atomic E-state index is 13.0. The molecule has 0 aliphatic heterocycles. The van der Waals surface area contributed by atoms with Gasteiger partial charge in [0.2, 0.25) is 5.91 Å². The number of carbonyl (C=O) groups excluding carboxylic acids is 1. The van der Waals surface area contributed by atoms with Crippen LogP contribution in [0.1, 0.15) is 25.0 Å². The quantitative estimate of drug-likeness (QED) is 0.261. The van der Waals surface area contributed by atoms with E-state index >= 15 is 0 Å². The summed E-state index contributed by atoms with van der Waals surface area (Å²) in [5.41, 5.74) is 6.51. The Bertz CT molecular complexity index is 1550. The fourth-order valence-electron chi connectivity index (χ4n) is 4.37. The number of nitrogens with one attached hydrogen (secondary N) is 1. The Morgan fingerprint density at radius 2 is 1.74 bits per heavy atom. The van der Waals surface area contributed by atoms with Crippen molar-refractivity contribution < 1.29 is 13.9 Å². The molecular weight excluding hydrogens is 434 g/mol. The zero-order chi connectivity index (χ0) is 24.4. The molecule has 1 amide bonds. The van der Waals surface area contributed by atoms with E-state index in [1.165, 1.54) is 5.56 Å². The molecule has 4 nitrogen and oxygen atoms in total. The van der Waals surface area contributed by atoms with Gasteiger partial charge in [0.05, 0.1) is 12.9 Å². The number of rotatable bonds is 6. The van der Waals surface area contributed by atoms with Crippen LogP contribution in [-0.2, 0) is 4.79 Å². The number of carbonyl (C=O) groups is 1. The van der Waals surface area contributed by atoms with Crippen LogP contribution in [0.5, 0.6) is 5.75 Å². The summed E-state index contributed by atoms with van der Waals surface area (Å²) in [5.74, 6) is 0.504. The number of hydrogen-bond donors (Lipinski definition) is 1. The first kappa shape index (κ1) is 22.5. The number of benzene rings is 4. The van der Waals surface area contributed by atoms with Gasteiger partial charge in [0, 0.05) is 39.7 Å². The SMILES string of the molecule is CCOc1cc2occ(-c3ccc(C)cc3)c2cc1/C(C)=C/C(=O)Nc1cccc2ccccc12. The minimum absolute atomic E-state index is 0.188. The van der Waals surface area contributed by atoms with Gasteiger partial charge in [-0.1, -0.05) is 66.2 Å². The standard InChI is InChI=1S/C31H27NO3/c1-4-34-29-18-30-26(27(19-35-30)23-14-12-20(2)13-15-23)17-25(29)21(3)16-31(33)32-28-11-7-9-22-8-5-6-10-24(22)28/h5-19H,4H2,1-3H3,(H,32,33)/b21-16+. The molecule has 0 unspecified atom stereocenters. The van der Waals surface area contributed by atoms with Gasteiger partial charge in [-0.25, -0.2) is 0 Å². The molecule has 0 saturated carbocycles. The van der Waals surface area contributed by atoms with E-state index in [1.54, 1.807) is 12.3 Å². The van der Waals surface area contributed by atoms with Crippen LogP contribution in [0.25, 0.3) is 38.4 Å². The number of furan rings is 1. The largest absolute Gasteiger partial charge is 0.493 e. The third-order valence-corrected chi connectivity index (χ3v) is 6.16. The number of hydrogen-bond acceptors (Lipinski definition) is 3. The smallest absolute Gasteiger partial charge is 0.248 e. The molecule has 0 aliphatic carbocycles. The summed E-state index contributed by atoms with van der Waals surface area (Å²) >= 11 is 0. The van der Waals surface area contributed by atoms with Crippen LogP contribution in [0, 0.1) is 6.92 Å². The lowest BCUT2D eigenvalue weighted by molar-refractivity contribution is -0.111. The normalized spacial score (nSPS) is 11.7. The number of amides is 1. The second kappa shape index (κ2) is 9.51. The van der Waals surface area contributed by atoms with Crippen molar-refractivity contribution in [1.82, 2.24) is 0 Å². The molecule has 4 heteroatoms. The Morgan fingerprint density at radius 3 is 2.54 bits per heavy atom. The molecule has 0 fully saturated rings. The molecule has 5 rings (SSSR count). The van der Waals surface area contributed by atoms with Crippen molar-refractivity contribution in [3.05, 3.63) is 102 Å². The molecule has 0 saturated heterocycles. The monoisotopic (exact) mass is 461 g/mol. The van der Waals surface area contributed by atoms with Crippen molar-refractivity contribution >= 4 is 38.9 Å². The summed E-state index contributed by atoms with van der Waals surface area (Å²) in [7, 11) is 0. The first-order chi connectivity index (χ1) is 17.0. The molecular formula is C31H27NO3. The van der Waals surface area contributed by atoms with Crippen molar-refractivity contribution in [1.29, 1.82) is 0 Å². The highest BCUT2D eigenvalue weighted by molar-refractivity contribution is 6.09. The van der Waals surface area contributed by atoms with Gasteiger partial charge in [0.15, 0.2) is 0 Å². The highest BCUT2D eigenvalue weighted by Gasteiger charge is 2.15. The Morgan fingerprint density at radius 1 is 0.971 bits per heavy atom. The van der Waals surface area contributed by atoms with Crippen molar-refractivity contribution in [3.63, 3.8) is 0 Å². The van der Waals surface area contributed by atoms with E-state index in [1.807, 2.05) is 62.4 Å². The zero-order valence-electron chi connectivity index (χ0n) is 20.1. The molecule has 1 heterocycles. The summed E-state index contributed by atoms with van der Waals surface area (Å²) in [6, 6.07) is 26.2. The summed E-state index contributed by atoms with van der Waals surface area (Å²) < 4.78 is 11.8. The highest BCUT2D eigenvalue weighted by atomic mass is 16.5. The van der Waals surface area contributed by atoms with Crippen LogP contribution in [-0.4, -0.2) is 12.5 Å². The van der Waals surface area contributed by atoms with Crippen LogP contribution >= 0.6 is 0 Å². The third-order valence-electron chi connectivity index (χ3n) is 6.16. The van der Waals surface area contributed by atoms with Gasteiger partial charge in [-0.15, -0.1) is 0 Å². The number of anilines is 1. The average Bonchev–Trinajstić information content (AvgIpc) is 3.27. The molecule has 5 aromatic rings. The van der Waals surface area contributed by atoms with Gasteiger partial charge < -0.3 is 14.5 Å². The minimum Gasteiger partial charge on any atom is -0.493 e. The minimum atomic E-state index is -0.188. The Balaban J connectivity index is 1.52. The maximum atomic E-state index is 13.0. The molecule has 0 aliphatic rings.